The summed E-state index contributed by atoms with van der Waals surface area (Å²) in [7, 11) is -35.3. The van der Waals surface area contributed by atoms with Gasteiger partial charge in [-0.3, -0.25) is 9.15 Å². The SMILES string of the molecule is C[SiH](CCCCCCN)O[Si](C)(CCCCCCN)O[Si](C)(CCCCCCN)O[Si](C)(CCCCCCN)O[Si](C)(CCCCCCN)O[Si](C)(CCCCCCN)O[Si](C)(CCCCCCN)O[Si](C)(CCCCCCN)O[Si](C)(CCCCCCN)O[Si](C)(CCCCCCN)OO[Si](C)(C)O[Si](C)(C)C. The summed E-state index contributed by atoms with van der Waals surface area (Å²) in [4.78, 5) is 0. The fourth-order valence-corrected chi connectivity index (χ4v) is 76.8. The van der Waals surface area contributed by atoms with E-state index in [2.05, 4.69) is 98.2 Å². The first-order valence-electron chi connectivity index (χ1n) is 44.9. The maximum atomic E-state index is 8.40. The molecule has 0 aromatic rings. The van der Waals surface area contributed by atoms with Gasteiger partial charge in [0, 0.05) is 0 Å². The highest BCUT2D eigenvalue weighted by Crippen LogP contribution is 2.42. The van der Waals surface area contributed by atoms with Gasteiger partial charge >= 0.3 is 85.6 Å². The molecule has 22 nitrogen and oxygen atoms in total. The summed E-state index contributed by atoms with van der Waals surface area (Å²) in [5.74, 6) is 0. The van der Waals surface area contributed by atoms with Crippen molar-refractivity contribution < 1.29 is 50.3 Å². The molecular weight excluding hydrogens is 1570 g/mol. The number of rotatable bonds is 83. The van der Waals surface area contributed by atoms with Gasteiger partial charge in [-0.2, -0.15) is 0 Å². The van der Waals surface area contributed by atoms with Crippen LogP contribution in [-0.2, 0) is 50.3 Å². The van der Waals surface area contributed by atoms with E-state index in [1.165, 1.54) is 6.42 Å². The third-order valence-electron chi connectivity index (χ3n) is 20.7. The van der Waals surface area contributed by atoms with Crippen molar-refractivity contribution in [3.63, 3.8) is 0 Å². The van der Waals surface area contributed by atoms with Gasteiger partial charge < -0.3 is 98.5 Å². The molecule has 0 saturated carbocycles. The zero-order chi connectivity index (χ0) is 82.0. The first-order valence-corrected chi connectivity index (χ1v) is 76.3. The Kier molecular flexibility index (Phi) is 64.7. The Bertz CT molecular complexity index is 2150. The largest absolute Gasteiger partial charge is 0.439 e. The molecule has 0 heterocycles. The van der Waals surface area contributed by atoms with Crippen LogP contribution in [0.25, 0.3) is 0 Å². The summed E-state index contributed by atoms with van der Waals surface area (Å²) >= 11 is 0. The molecule has 10 unspecified atom stereocenters. The van der Waals surface area contributed by atoms with Crippen LogP contribution in [0, 0.1) is 0 Å². The van der Waals surface area contributed by atoms with Gasteiger partial charge in [0.15, 0.2) is 17.4 Å². The fraction of sp³-hybridized carbons (Fsp3) is 1.00. The number of unbranched alkanes of at least 4 members (excludes halogenated alkanes) is 30. The average molecular weight is 1760 g/mol. The highest BCUT2D eigenvalue weighted by molar-refractivity contribution is 6.94. The molecule has 0 aromatic heterocycles. The van der Waals surface area contributed by atoms with E-state index in [0.717, 1.165) is 317 Å². The molecule has 0 rings (SSSR count). The minimum absolute atomic E-state index is 0.665. The monoisotopic (exact) mass is 1760 g/mol. The topological polar surface area (TPSA) is 371 Å². The summed E-state index contributed by atoms with van der Waals surface area (Å²) in [5.41, 5.74) is 61.4. The molecule has 0 amide bonds. The van der Waals surface area contributed by atoms with E-state index < -0.39 is 103 Å². The van der Waals surface area contributed by atoms with Crippen LogP contribution in [0.1, 0.15) is 257 Å². The summed E-state index contributed by atoms with van der Waals surface area (Å²) in [6.07, 6.45) is 41.1. The lowest BCUT2D eigenvalue weighted by Crippen LogP contribution is -2.65. The van der Waals surface area contributed by atoms with E-state index >= 15 is 0 Å². The molecule has 0 radical (unpaired) electrons. The molecule has 34 heteroatoms. The van der Waals surface area contributed by atoms with Crippen molar-refractivity contribution in [3.05, 3.63) is 0 Å². The highest BCUT2D eigenvalue weighted by Gasteiger charge is 2.57. The van der Waals surface area contributed by atoms with E-state index in [9.17, 15) is 0 Å². The van der Waals surface area contributed by atoms with E-state index in [0.29, 0.717) is 58.9 Å². The van der Waals surface area contributed by atoms with Gasteiger partial charge in [-0.05, 0) is 288 Å². The van der Waals surface area contributed by atoms with Crippen LogP contribution in [0.3, 0.4) is 0 Å². The van der Waals surface area contributed by atoms with Crippen LogP contribution in [0.2, 0.25) is 159 Å². The molecule has 0 aromatic carbocycles. The van der Waals surface area contributed by atoms with Gasteiger partial charge in [-0.15, -0.1) is 0 Å². The Hall–Kier alpha value is 1.72. The van der Waals surface area contributed by atoms with E-state index in [1.807, 2.05) is 0 Å². The number of nitrogens with two attached hydrogens (primary N) is 10. The predicted molar refractivity (Wildman–Crippen MR) is 495 cm³/mol. The zero-order valence-electron chi connectivity index (χ0n) is 74.2. The van der Waals surface area contributed by atoms with Gasteiger partial charge in [-0.25, -0.2) is 0 Å². The lowest BCUT2D eigenvalue weighted by Gasteiger charge is -2.49. The normalized spacial score (nSPS) is 17.9. The summed E-state index contributed by atoms with van der Waals surface area (Å²) in [6.45, 7) is 41.2. The molecule has 0 aliphatic carbocycles. The van der Waals surface area contributed by atoms with E-state index in [1.54, 1.807) is 0 Å². The second kappa shape index (κ2) is 63.7. The Balaban J connectivity index is 9.08. The zero-order valence-corrected chi connectivity index (χ0v) is 86.3. The first kappa shape index (κ1) is 111. The Morgan fingerprint density at radius 2 is 0.349 bits per heavy atom. The molecule has 0 spiro atoms. The van der Waals surface area contributed by atoms with Crippen molar-refractivity contribution >= 4 is 103 Å². The summed E-state index contributed by atoms with van der Waals surface area (Å²) < 4.78 is 93.7. The smallest absolute Gasteiger partial charge is 0.362 e. The average Bonchev–Trinajstić information content (AvgIpc) is 0.776. The molecule has 0 bridgehead atoms. The number of hydrogen-bond donors (Lipinski definition) is 10. The molecule has 10 atom stereocenters. The lowest BCUT2D eigenvalue weighted by molar-refractivity contribution is -0.153. The second-order valence-corrected chi connectivity index (χ2v) is 78.1. The van der Waals surface area contributed by atoms with Crippen LogP contribution >= 0.6 is 0 Å². The molecular formula is C75H186N10O12Si12. The molecule has 0 saturated heterocycles. The predicted octanol–water partition coefficient (Wildman–Crippen LogP) is 17.8. The van der Waals surface area contributed by atoms with Gasteiger partial charge in [-0.1, -0.05) is 193 Å². The van der Waals surface area contributed by atoms with Crippen LogP contribution in [0.15, 0.2) is 0 Å². The molecule has 20 N–H and O–H groups in total. The van der Waals surface area contributed by atoms with Crippen LogP contribution < -0.4 is 57.3 Å². The maximum Gasteiger partial charge on any atom is 0.362 e. The van der Waals surface area contributed by atoms with Gasteiger partial charge in [0.2, 0.25) is 0 Å². The molecule has 656 valence electrons. The van der Waals surface area contributed by atoms with Crippen molar-refractivity contribution in [3.8, 4) is 0 Å². The minimum atomic E-state index is -3.34. The molecule has 0 aliphatic heterocycles. The quantitative estimate of drug-likeness (QED) is 0.0117. The summed E-state index contributed by atoms with van der Waals surface area (Å²) in [6, 6.07) is 8.43. The Labute approximate surface area is 686 Å². The van der Waals surface area contributed by atoms with Crippen molar-refractivity contribution in [2.75, 3.05) is 65.4 Å². The van der Waals surface area contributed by atoms with Crippen molar-refractivity contribution in [1.29, 1.82) is 0 Å². The van der Waals surface area contributed by atoms with Crippen LogP contribution in [-0.4, -0.2) is 168 Å². The Morgan fingerprint density at radius 3 is 0.550 bits per heavy atom. The number of hydrogen-bond acceptors (Lipinski definition) is 22. The Morgan fingerprint density at radius 1 is 0.183 bits per heavy atom. The summed E-state index contributed by atoms with van der Waals surface area (Å²) in [5, 5.41) is 0. The standard InChI is InChI=1S/C75H186N10O12Si12/c1-98(66-46-26-16-36-56-76)88-102(8,68-48-28-18-38-58-78)91-104(10,70-50-30-20-40-60-80)93-106(12,72-52-32-22-42-62-82)95-108(14,74-54-34-24-44-64-84)97-109(15,75-55-35-25-45-65-85)96-107(13,73-53-33-23-43-63-83)94-105(11,71-51-31-21-41-61-81)92-103(9,69-49-29-19-39-59-79)90-101(7,67-47-27-17-37-57-77)87-86-100(5,6)89-99(2,3)4/h98H,16-85H2,1-15H3. The molecule has 0 aliphatic rings. The van der Waals surface area contributed by atoms with Crippen molar-refractivity contribution in [2.24, 2.45) is 57.3 Å². The maximum absolute atomic E-state index is 8.40. The van der Waals surface area contributed by atoms with Gasteiger partial charge in [0.05, 0.1) is 0 Å². The van der Waals surface area contributed by atoms with Crippen LogP contribution in [0.5, 0.6) is 0 Å². The highest BCUT2D eigenvalue weighted by atomic mass is 28.5. The van der Waals surface area contributed by atoms with Crippen molar-refractivity contribution in [2.45, 2.75) is 415 Å². The third-order valence-corrected chi connectivity index (χ3v) is 70.0. The first-order chi connectivity index (χ1) is 51.6. The van der Waals surface area contributed by atoms with Crippen molar-refractivity contribution in [1.82, 2.24) is 0 Å². The molecule has 0 fully saturated rings. The van der Waals surface area contributed by atoms with Gasteiger partial charge in [0.25, 0.3) is 0 Å². The molecule has 109 heavy (non-hydrogen) atoms. The second-order valence-electron chi connectivity index (χ2n) is 35.3. The van der Waals surface area contributed by atoms with Crippen LogP contribution in [0.4, 0.5) is 0 Å². The fourth-order valence-electron chi connectivity index (χ4n) is 15.6. The third kappa shape index (κ3) is 59.1. The van der Waals surface area contributed by atoms with E-state index in [-0.39, 0.29) is 0 Å². The van der Waals surface area contributed by atoms with E-state index in [4.69, 9.17) is 108 Å². The lowest BCUT2D eigenvalue weighted by atomic mass is 10.2. The van der Waals surface area contributed by atoms with Gasteiger partial charge in [0.1, 0.15) is 0 Å². The minimum Gasteiger partial charge on any atom is -0.439 e.